The summed E-state index contributed by atoms with van der Waals surface area (Å²) in [7, 11) is 0. The van der Waals surface area contributed by atoms with Crippen molar-refractivity contribution in [3.8, 4) is 45.0 Å². The van der Waals surface area contributed by atoms with Crippen LogP contribution in [-0.4, -0.2) is 19.1 Å². The molecule has 0 aliphatic heterocycles. The summed E-state index contributed by atoms with van der Waals surface area (Å²) in [5.74, 6) is 0. The van der Waals surface area contributed by atoms with Crippen molar-refractivity contribution in [3.63, 3.8) is 0 Å². The topological polar surface area (TPSA) is 35.6 Å². The molecule has 0 aliphatic carbocycles. The van der Waals surface area contributed by atoms with Gasteiger partial charge in [0.05, 0.1) is 33.5 Å². The van der Waals surface area contributed by atoms with Crippen LogP contribution >= 0.6 is 0 Å². The van der Waals surface area contributed by atoms with E-state index in [4.69, 9.17) is 4.98 Å². The summed E-state index contributed by atoms with van der Waals surface area (Å²) >= 11 is 0. The summed E-state index contributed by atoms with van der Waals surface area (Å²) < 4.78 is 4.76. The first-order valence-corrected chi connectivity index (χ1v) is 16.9. The number of aromatic nitrogens is 4. The second-order valence-corrected chi connectivity index (χ2v) is 12.7. The van der Waals surface area contributed by atoms with Crippen LogP contribution in [0.3, 0.4) is 0 Å². The van der Waals surface area contributed by atoms with Gasteiger partial charge in [-0.25, -0.2) is 4.98 Å². The molecule has 0 amide bonds. The Morgan fingerprint density at radius 1 is 0.340 bits per heavy atom. The van der Waals surface area contributed by atoms with E-state index in [2.05, 4.69) is 166 Å². The smallest absolute Gasteiger partial charge is 0.0725 e. The van der Waals surface area contributed by atoms with Crippen LogP contribution in [-0.2, 0) is 0 Å². The minimum atomic E-state index is 0.910. The molecular formula is C46H30N4. The van der Waals surface area contributed by atoms with E-state index in [1.54, 1.807) is 6.20 Å². The summed E-state index contributed by atoms with van der Waals surface area (Å²) in [6.07, 6.45) is 3.64. The fourth-order valence-electron chi connectivity index (χ4n) is 7.51. The van der Waals surface area contributed by atoms with Crippen molar-refractivity contribution in [1.29, 1.82) is 0 Å². The van der Waals surface area contributed by atoms with Crippen LogP contribution in [0.4, 0.5) is 0 Å². The standard InChI is InChI=1S/C46H30N4/c1-2-13-35(14-3-1)49-43-20-6-4-16-37(43)39-24-22-32(29-46(39)49)31-23-25-45-40(28-31)38-17-5-7-21-44(38)50(45)36-15-8-11-33(27-36)41-18-9-19-42(48-41)34-12-10-26-47-30-34/h1-30H. The summed E-state index contributed by atoms with van der Waals surface area (Å²) in [6, 6.07) is 60.7. The van der Waals surface area contributed by atoms with E-state index >= 15 is 0 Å². The number of para-hydroxylation sites is 3. The highest BCUT2D eigenvalue weighted by Gasteiger charge is 2.16. The van der Waals surface area contributed by atoms with Gasteiger partial charge < -0.3 is 9.13 Å². The molecule has 10 rings (SSSR count). The van der Waals surface area contributed by atoms with Gasteiger partial charge in [-0.3, -0.25) is 4.98 Å². The Morgan fingerprint density at radius 2 is 0.940 bits per heavy atom. The van der Waals surface area contributed by atoms with Crippen LogP contribution < -0.4 is 0 Å². The average Bonchev–Trinajstić information content (AvgIpc) is 3.71. The second kappa shape index (κ2) is 11.4. The molecule has 0 N–H and O–H groups in total. The molecule has 4 heterocycles. The van der Waals surface area contributed by atoms with Gasteiger partial charge in [-0.1, -0.05) is 91.0 Å². The molecule has 4 aromatic heterocycles. The number of hydrogen-bond acceptors (Lipinski definition) is 2. The molecule has 6 aromatic carbocycles. The van der Waals surface area contributed by atoms with E-state index in [-0.39, 0.29) is 0 Å². The summed E-state index contributed by atoms with van der Waals surface area (Å²) in [5.41, 5.74) is 13.3. The zero-order valence-electron chi connectivity index (χ0n) is 27.1. The molecule has 10 aromatic rings. The van der Waals surface area contributed by atoms with Gasteiger partial charge in [0.2, 0.25) is 0 Å². The molecule has 0 bridgehead atoms. The van der Waals surface area contributed by atoms with Gasteiger partial charge in [0.15, 0.2) is 0 Å². The lowest BCUT2D eigenvalue weighted by molar-refractivity contribution is 1.18. The molecule has 0 unspecified atom stereocenters. The van der Waals surface area contributed by atoms with Gasteiger partial charge in [0.25, 0.3) is 0 Å². The largest absolute Gasteiger partial charge is 0.309 e. The van der Waals surface area contributed by atoms with Crippen LogP contribution in [0.2, 0.25) is 0 Å². The highest BCUT2D eigenvalue weighted by atomic mass is 15.0. The molecule has 0 atom stereocenters. The SMILES string of the molecule is c1ccc(-n2c3ccccc3c3ccc(-c4ccc5c(c4)c4ccccc4n5-c4cccc(-c5cccc(-c6cccnc6)n5)c4)cc32)cc1. The van der Waals surface area contributed by atoms with Gasteiger partial charge in [0, 0.05) is 56.4 Å². The Morgan fingerprint density at radius 3 is 1.74 bits per heavy atom. The van der Waals surface area contributed by atoms with Crippen LogP contribution in [0, 0.1) is 0 Å². The molecular weight excluding hydrogens is 609 g/mol. The zero-order chi connectivity index (χ0) is 33.0. The van der Waals surface area contributed by atoms with E-state index in [0.29, 0.717) is 0 Å². The maximum Gasteiger partial charge on any atom is 0.0725 e. The molecule has 0 aliphatic rings. The molecule has 0 spiro atoms. The minimum Gasteiger partial charge on any atom is -0.309 e. The fourth-order valence-corrected chi connectivity index (χ4v) is 7.51. The molecule has 234 valence electrons. The lowest BCUT2D eigenvalue weighted by Crippen LogP contribution is -1.95. The second-order valence-electron chi connectivity index (χ2n) is 12.7. The first kappa shape index (κ1) is 28.3. The Kier molecular flexibility index (Phi) is 6.46. The van der Waals surface area contributed by atoms with Gasteiger partial charge in [-0.2, -0.15) is 0 Å². The van der Waals surface area contributed by atoms with Crippen molar-refractivity contribution in [1.82, 2.24) is 19.1 Å². The highest BCUT2D eigenvalue weighted by Crippen LogP contribution is 2.38. The highest BCUT2D eigenvalue weighted by molar-refractivity contribution is 6.12. The number of nitrogens with zero attached hydrogens (tertiary/aromatic N) is 4. The van der Waals surface area contributed by atoms with Crippen molar-refractivity contribution < 1.29 is 0 Å². The predicted molar refractivity (Wildman–Crippen MR) is 207 cm³/mol. The van der Waals surface area contributed by atoms with Gasteiger partial charge >= 0.3 is 0 Å². The third-order valence-corrected chi connectivity index (χ3v) is 9.80. The normalized spacial score (nSPS) is 11.6. The molecule has 0 saturated heterocycles. The summed E-state index contributed by atoms with van der Waals surface area (Å²) in [5, 5.41) is 4.97. The predicted octanol–water partition coefficient (Wildman–Crippen LogP) is 11.7. The Balaban J connectivity index is 1.12. The van der Waals surface area contributed by atoms with E-state index in [1.807, 2.05) is 24.4 Å². The maximum atomic E-state index is 5.02. The maximum absolute atomic E-state index is 5.02. The third-order valence-electron chi connectivity index (χ3n) is 9.80. The lowest BCUT2D eigenvalue weighted by Gasteiger charge is -2.11. The first-order valence-electron chi connectivity index (χ1n) is 16.9. The summed E-state index contributed by atoms with van der Waals surface area (Å²) in [6.45, 7) is 0. The van der Waals surface area contributed by atoms with Gasteiger partial charge in [-0.15, -0.1) is 0 Å². The Bertz CT molecular complexity index is 2860. The van der Waals surface area contributed by atoms with Crippen molar-refractivity contribution in [2.24, 2.45) is 0 Å². The Hall–Kier alpha value is -6.78. The first-order chi connectivity index (χ1) is 24.8. The van der Waals surface area contributed by atoms with Gasteiger partial charge in [0.1, 0.15) is 0 Å². The molecule has 0 saturated carbocycles. The van der Waals surface area contributed by atoms with Crippen LogP contribution in [0.25, 0.3) is 88.6 Å². The summed E-state index contributed by atoms with van der Waals surface area (Å²) in [4.78, 5) is 9.30. The minimum absolute atomic E-state index is 0.910. The molecule has 4 heteroatoms. The van der Waals surface area contributed by atoms with E-state index in [9.17, 15) is 0 Å². The number of fused-ring (bicyclic) bond motifs is 6. The van der Waals surface area contributed by atoms with Gasteiger partial charge in [-0.05, 0) is 90.0 Å². The van der Waals surface area contributed by atoms with E-state index in [0.717, 1.165) is 33.9 Å². The number of rotatable bonds is 5. The number of pyridine rings is 2. The molecule has 0 radical (unpaired) electrons. The third kappa shape index (κ3) is 4.54. The van der Waals surface area contributed by atoms with E-state index < -0.39 is 0 Å². The lowest BCUT2D eigenvalue weighted by atomic mass is 10.0. The quantitative estimate of drug-likeness (QED) is 0.188. The molecule has 0 fully saturated rings. The van der Waals surface area contributed by atoms with E-state index in [1.165, 1.54) is 54.7 Å². The number of benzene rings is 6. The van der Waals surface area contributed by atoms with Crippen LogP contribution in [0.5, 0.6) is 0 Å². The van der Waals surface area contributed by atoms with Crippen LogP contribution in [0.1, 0.15) is 0 Å². The average molecular weight is 639 g/mol. The fraction of sp³-hybridized carbons (Fsp3) is 0. The van der Waals surface area contributed by atoms with Crippen molar-refractivity contribution in [3.05, 3.63) is 182 Å². The molecule has 50 heavy (non-hydrogen) atoms. The van der Waals surface area contributed by atoms with Crippen molar-refractivity contribution in [2.75, 3.05) is 0 Å². The molecule has 4 nitrogen and oxygen atoms in total. The zero-order valence-corrected chi connectivity index (χ0v) is 27.1. The Labute approximate surface area is 289 Å². The monoisotopic (exact) mass is 638 g/mol. The van der Waals surface area contributed by atoms with Crippen molar-refractivity contribution >= 4 is 43.6 Å². The van der Waals surface area contributed by atoms with Crippen molar-refractivity contribution in [2.45, 2.75) is 0 Å². The van der Waals surface area contributed by atoms with Crippen LogP contribution in [0.15, 0.2) is 182 Å². The number of hydrogen-bond donors (Lipinski definition) is 0.